The van der Waals surface area contributed by atoms with Crippen molar-refractivity contribution in [2.24, 2.45) is 0 Å². The van der Waals surface area contributed by atoms with Crippen LogP contribution in [0.25, 0.3) is 0 Å². The van der Waals surface area contributed by atoms with Gasteiger partial charge in [0.1, 0.15) is 5.82 Å². The first-order valence-corrected chi connectivity index (χ1v) is 11.9. The molecule has 1 fully saturated rings. The number of nitrogens with zero attached hydrogens (tertiary/aromatic N) is 6. The Balaban J connectivity index is 1.24. The number of Topliss-reactive ketones (excluding diaryl/α,β-unsaturated/α-hetero) is 1. The van der Waals surface area contributed by atoms with Crippen LogP contribution in [0.5, 0.6) is 0 Å². The van der Waals surface area contributed by atoms with Crippen LogP contribution in [0.4, 0.5) is 17.7 Å². The molecule has 4 heterocycles. The van der Waals surface area contributed by atoms with Gasteiger partial charge in [-0.15, -0.1) is 0 Å². The van der Waals surface area contributed by atoms with E-state index in [1.807, 2.05) is 0 Å². The Labute approximate surface area is 196 Å². The molecule has 0 aromatic carbocycles. The highest BCUT2D eigenvalue weighted by Gasteiger charge is 2.39. The summed E-state index contributed by atoms with van der Waals surface area (Å²) in [6.07, 6.45) is 8.20. The maximum atomic E-state index is 12.7. The van der Waals surface area contributed by atoms with E-state index in [1.54, 1.807) is 12.4 Å². The number of carbonyl (C=O) groups is 1. The fourth-order valence-electron chi connectivity index (χ4n) is 5.25. The third kappa shape index (κ3) is 3.63. The fraction of sp³-hybridized carbons (Fsp3) is 0.522. The molecule has 172 valence electrons. The smallest absolute Gasteiger partial charge is 0.228 e. The Hall–Kier alpha value is -2.78. The molecule has 0 spiro atoms. The Bertz CT molecular complexity index is 1120. The average molecular weight is 468 g/mol. The highest BCUT2D eigenvalue weighted by atomic mass is 35.5. The second kappa shape index (κ2) is 7.92. The molecule has 0 atom stereocenters. The van der Waals surface area contributed by atoms with E-state index >= 15 is 0 Å². The summed E-state index contributed by atoms with van der Waals surface area (Å²) in [5.41, 5.74) is 3.75. The first kappa shape index (κ1) is 20.8. The lowest BCUT2D eigenvalue weighted by Crippen LogP contribution is -2.49. The number of aryl methyl sites for hydroxylation is 1. The van der Waals surface area contributed by atoms with Crippen molar-refractivity contribution in [1.29, 1.82) is 0 Å². The van der Waals surface area contributed by atoms with Gasteiger partial charge in [0.25, 0.3) is 0 Å². The van der Waals surface area contributed by atoms with Gasteiger partial charge >= 0.3 is 0 Å². The van der Waals surface area contributed by atoms with Crippen molar-refractivity contribution >= 4 is 35.1 Å². The molecule has 9 nitrogen and oxygen atoms in total. The lowest BCUT2D eigenvalue weighted by Gasteiger charge is -2.42. The van der Waals surface area contributed by atoms with Gasteiger partial charge in [0.05, 0.1) is 40.8 Å². The summed E-state index contributed by atoms with van der Waals surface area (Å²) in [6, 6.07) is 0. The van der Waals surface area contributed by atoms with Gasteiger partial charge in [-0.2, -0.15) is 4.98 Å². The Morgan fingerprint density at radius 2 is 1.64 bits per heavy atom. The standard InChI is InChI=1S/C23H26ClN7O2/c24-16-7-25-21(26-8-16)30-9-14-11-31(12-15(14)10-30)22-27-17-3-1-4-18(33)19(17)20(28-22)29-23(13-32)5-2-6-23/h7-8,32H,1-6,9-13H2,(H,27,28,29). The molecule has 2 aliphatic heterocycles. The van der Waals surface area contributed by atoms with Crippen molar-refractivity contribution in [3.63, 3.8) is 0 Å². The maximum absolute atomic E-state index is 12.7. The zero-order valence-corrected chi connectivity index (χ0v) is 19.1. The highest BCUT2D eigenvalue weighted by molar-refractivity contribution is 6.30. The molecule has 33 heavy (non-hydrogen) atoms. The molecule has 6 rings (SSSR count). The minimum absolute atomic E-state index is 0.0392. The number of aliphatic hydroxyl groups excluding tert-OH is 1. The van der Waals surface area contributed by atoms with E-state index in [1.165, 1.54) is 11.1 Å². The first-order valence-electron chi connectivity index (χ1n) is 11.5. The molecule has 0 unspecified atom stereocenters. The van der Waals surface area contributed by atoms with Crippen molar-refractivity contribution in [2.75, 3.05) is 47.9 Å². The molecule has 2 N–H and O–H groups in total. The number of aliphatic hydroxyl groups is 1. The van der Waals surface area contributed by atoms with Crippen molar-refractivity contribution in [1.82, 2.24) is 19.9 Å². The van der Waals surface area contributed by atoms with Gasteiger partial charge in [-0.25, -0.2) is 15.0 Å². The van der Waals surface area contributed by atoms with Crippen LogP contribution in [0.15, 0.2) is 23.5 Å². The Kier molecular flexibility index (Phi) is 4.99. The topological polar surface area (TPSA) is 107 Å². The molecule has 1 saturated carbocycles. The number of aromatic nitrogens is 4. The molecule has 0 bridgehead atoms. The second-order valence-corrected chi connectivity index (χ2v) is 9.94. The summed E-state index contributed by atoms with van der Waals surface area (Å²) in [5, 5.41) is 13.9. The van der Waals surface area contributed by atoms with Crippen LogP contribution in [-0.2, 0) is 6.42 Å². The summed E-state index contributed by atoms with van der Waals surface area (Å²) in [5.74, 6) is 2.03. The van der Waals surface area contributed by atoms with Crippen molar-refractivity contribution < 1.29 is 9.90 Å². The number of carbonyl (C=O) groups excluding carboxylic acids is 1. The van der Waals surface area contributed by atoms with Crippen LogP contribution in [-0.4, -0.2) is 69.2 Å². The van der Waals surface area contributed by atoms with Gasteiger partial charge in [-0.3, -0.25) is 4.79 Å². The van der Waals surface area contributed by atoms with Crippen molar-refractivity contribution in [3.8, 4) is 0 Å². The minimum Gasteiger partial charge on any atom is -0.394 e. The molecule has 0 amide bonds. The quantitative estimate of drug-likeness (QED) is 0.641. The third-order valence-electron chi connectivity index (χ3n) is 7.26. The SMILES string of the molecule is O=C1CCCc2nc(N3CC4=C(CN(c5ncc(Cl)cn5)C4)C3)nc(NC3(CO)CCC3)c21. The van der Waals surface area contributed by atoms with E-state index in [4.69, 9.17) is 21.6 Å². The van der Waals surface area contributed by atoms with Gasteiger partial charge in [0.15, 0.2) is 5.78 Å². The Morgan fingerprint density at radius 3 is 2.24 bits per heavy atom. The predicted molar refractivity (Wildman–Crippen MR) is 125 cm³/mol. The van der Waals surface area contributed by atoms with Crippen LogP contribution < -0.4 is 15.1 Å². The number of hydrogen-bond acceptors (Lipinski definition) is 9. The summed E-state index contributed by atoms with van der Waals surface area (Å²) in [6.45, 7) is 3.08. The van der Waals surface area contributed by atoms with Gasteiger partial charge in [-0.05, 0) is 43.3 Å². The van der Waals surface area contributed by atoms with Crippen LogP contribution in [0, 0.1) is 0 Å². The van der Waals surface area contributed by atoms with Gasteiger partial charge in [0.2, 0.25) is 11.9 Å². The normalized spacial score (nSPS) is 21.2. The number of rotatable bonds is 5. The highest BCUT2D eigenvalue weighted by Crippen LogP contribution is 2.38. The van der Waals surface area contributed by atoms with E-state index < -0.39 is 0 Å². The lowest BCUT2D eigenvalue weighted by molar-refractivity contribution is 0.0970. The number of hydrogen-bond donors (Lipinski definition) is 2. The van der Waals surface area contributed by atoms with Crippen LogP contribution in [0.2, 0.25) is 5.02 Å². The number of halogens is 1. The number of fused-ring (bicyclic) bond motifs is 1. The molecular formula is C23H26ClN7O2. The van der Waals surface area contributed by atoms with Crippen LogP contribution in [0.1, 0.15) is 48.2 Å². The molecule has 2 aromatic rings. The molecule has 10 heteroatoms. The second-order valence-electron chi connectivity index (χ2n) is 9.51. The number of nitrogens with one attached hydrogen (secondary N) is 1. The molecule has 2 aliphatic carbocycles. The van der Waals surface area contributed by atoms with Crippen LogP contribution >= 0.6 is 11.6 Å². The van der Waals surface area contributed by atoms with Gasteiger partial charge in [-0.1, -0.05) is 11.6 Å². The molecule has 2 aromatic heterocycles. The van der Waals surface area contributed by atoms with E-state index in [9.17, 15) is 9.90 Å². The molecule has 4 aliphatic rings. The summed E-state index contributed by atoms with van der Waals surface area (Å²) < 4.78 is 0. The Morgan fingerprint density at radius 1 is 0.970 bits per heavy atom. The largest absolute Gasteiger partial charge is 0.394 e. The number of anilines is 3. The van der Waals surface area contributed by atoms with E-state index in [0.717, 1.165) is 64.0 Å². The lowest BCUT2D eigenvalue weighted by atomic mass is 9.77. The minimum atomic E-state index is -0.374. The predicted octanol–water partition coefficient (Wildman–Crippen LogP) is 2.40. The monoisotopic (exact) mass is 467 g/mol. The average Bonchev–Trinajstić information content (AvgIpc) is 3.36. The van der Waals surface area contributed by atoms with Crippen LogP contribution in [0.3, 0.4) is 0 Å². The zero-order valence-electron chi connectivity index (χ0n) is 18.3. The first-order chi connectivity index (χ1) is 16.0. The van der Waals surface area contributed by atoms with Gasteiger partial charge < -0.3 is 20.2 Å². The third-order valence-corrected chi connectivity index (χ3v) is 7.46. The zero-order chi connectivity index (χ0) is 22.6. The van der Waals surface area contributed by atoms with E-state index in [2.05, 4.69) is 25.1 Å². The van der Waals surface area contributed by atoms with Crippen molar-refractivity contribution in [3.05, 3.63) is 39.8 Å². The van der Waals surface area contributed by atoms with E-state index in [0.29, 0.717) is 34.7 Å². The summed E-state index contributed by atoms with van der Waals surface area (Å²) >= 11 is 5.92. The van der Waals surface area contributed by atoms with Gasteiger partial charge in [0, 0.05) is 32.6 Å². The molecule has 0 radical (unpaired) electrons. The van der Waals surface area contributed by atoms with E-state index in [-0.39, 0.29) is 17.9 Å². The number of ketones is 1. The van der Waals surface area contributed by atoms with Crippen molar-refractivity contribution in [2.45, 2.75) is 44.1 Å². The fourth-order valence-corrected chi connectivity index (χ4v) is 5.35. The molecule has 0 saturated heterocycles. The maximum Gasteiger partial charge on any atom is 0.228 e. The summed E-state index contributed by atoms with van der Waals surface area (Å²) in [4.78, 5) is 35.4. The molecular weight excluding hydrogens is 442 g/mol. The summed E-state index contributed by atoms with van der Waals surface area (Å²) in [7, 11) is 0.